The number of carbonyl (C=O) groups excluding carboxylic acids is 1. The van der Waals surface area contributed by atoms with Crippen molar-refractivity contribution in [2.75, 3.05) is 6.54 Å². The van der Waals surface area contributed by atoms with E-state index < -0.39 is 11.1 Å². The third-order valence-corrected chi connectivity index (χ3v) is 5.53. The van der Waals surface area contributed by atoms with Crippen LogP contribution in [-0.4, -0.2) is 28.1 Å². The van der Waals surface area contributed by atoms with E-state index >= 15 is 0 Å². The van der Waals surface area contributed by atoms with Crippen molar-refractivity contribution in [1.82, 2.24) is 20.8 Å². The summed E-state index contributed by atoms with van der Waals surface area (Å²) >= 11 is 0. The molecule has 1 amide bonds. The molecule has 2 fully saturated rings. The molecule has 3 rings (SSSR count). The Bertz CT molecular complexity index is 653. The summed E-state index contributed by atoms with van der Waals surface area (Å²) in [6.45, 7) is 3.74. The van der Waals surface area contributed by atoms with Crippen LogP contribution in [-0.2, 0) is 10.3 Å². The molecule has 0 spiro atoms. The van der Waals surface area contributed by atoms with Crippen molar-refractivity contribution >= 4 is 5.91 Å². The molecule has 0 saturated heterocycles. The van der Waals surface area contributed by atoms with E-state index in [1.54, 1.807) is 6.92 Å². The number of nitrogens with zero attached hydrogens (tertiary/aromatic N) is 3. The Morgan fingerprint density at radius 2 is 2.04 bits per heavy atom. The zero-order chi connectivity index (χ0) is 17.9. The third kappa shape index (κ3) is 4.01. The Morgan fingerprint density at radius 3 is 2.56 bits per heavy atom. The lowest BCUT2D eigenvalue weighted by atomic mass is 9.89. The predicted molar refractivity (Wildman–Crippen MR) is 91.3 cm³/mol. The zero-order valence-corrected chi connectivity index (χ0v) is 15.1. The summed E-state index contributed by atoms with van der Waals surface area (Å²) in [5.41, 5.74) is -1.19. The van der Waals surface area contributed by atoms with Gasteiger partial charge in [-0.2, -0.15) is 10.2 Å². The van der Waals surface area contributed by atoms with Crippen molar-refractivity contribution in [3.8, 4) is 6.07 Å². The maximum atomic E-state index is 12.5. The van der Waals surface area contributed by atoms with Crippen LogP contribution in [0.3, 0.4) is 0 Å². The number of nitriles is 1. The Kier molecular flexibility index (Phi) is 5.09. The number of aryl methyl sites for hydroxylation is 1. The summed E-state index contributed by atoms with van der Waals surface area (Å²) in [6, 6.07) is 2.26. The number of amides is 1. The van der Waals surface area contributed by atoms with Gasteiger partial charge in [-0.05, 0) is 38.5 Å². The molecule has 2 saturated carbocycles. The summed E-state index contributed by atoms with van der Waals surface area (Å²) in [4.78, 5) is 16.9. The number of aromatic nitrogens is 2. The van der Waals surface area contributed by atoms with Crippen molar-refractivity contribution in [1.29, 1.82) is 5.26 Å². The van der Waals surface area contributed by atoms with Crippen LogP contribution in [0.2, 0.25) is 0 Å². The molecule has 0 radical (unpaired) electrons. The highest BCUT2D eigenvalue weighted by Crippen LogP contribution is 2.39. The normalized spacial score (nSPS) is 22.4. The molecule has 1 heterocycles. The predicted octanol–water partition coefficient (Wildman–Crippen LogP) is 2.33. The highest BCUT2D eigenvalue weighted by Gasteiger charge is 2.43. The molecule has 2 N–H and O–H groups in total. The van der Waals surface area contributed by atoms with Crippen LogP contribution >= 0.6 is 0 Å². The standard InChI is InChI=1S/C18H27N5O2/c1-13-21-16(23-25-13)18(9-5-3-4-6-10-18)20-11-15(24)22-17(2,12-19)14-7-8-14/h14,20H,3-11H2,1-2H3,(H,22,24)/t17-/m1/s1. The van der Waals surface area contributed by atoms with E-state index in [1.807, 2.05) is 6.92 Å². The molecule has 7 heteroatoms. The fraction of sp³-hybridized carbons (Fsp3) is 0.778. The molecular weight excluding hydrogens is 318 g/mol. The number of carbonyl (C=O) groups is 1. The van der Waals surface area contributed by atoms with Gasteiger partial charge in [0.25, 0.3) is 0 Å². The maximum Gasteiger partial charge on any atom is 0.235 e. The molecule has 0 aromatic carbocycles. The molecule has 7 nitrogen and oxygen atoms in total. The lowest BCUT2D eigenvalue weighted by Gasteiger charge is -2.31. The molecular formula is C18H27N5O2. The second kappa shape index (κ2) is 7.12. The molecule has 25 heavy (non-hydrogen) atoms. The van der Waals surface area contributed by atoms with E-state index in [9.17, 15) is 10.1 Å². The van der Waals surface area contributed by atoms with E-state index in [2.05, 4.69) is 26.8 Å². The van der Waals surface area contributed by atoms with Gasteiger partial charge < -0.3 is 9.84 Å². The minimum absolute atomic E-state index is 0.150. The van der Waals surface area contributed by atoms with Gasteiger partial charge in [0.05, 0.1) is 18.2 Å². The molecule has 1 aromatic rings. The van der Waals surface area contributed by atoms with E-state index in [0.717, 1.165) is 38.5 Å². The molecule has 1 aromatic heterocycles. The van der Waals surface area contributed by atoms with Crippen LogP contribution in [0.15, 0.2) is 4.52 Å². The summed E-state index contributed by atoms with van der Waals surface area (Å²) < 4.78 is 5.18. The monoisotopic (exact) mass is 345 g/mol. The quantitative estimate of drug-likeness (QED) is 0.767. The van der Waals surface area contributed by atoms with E-state index in [1.165, 1.54) is 12.8 Å². The number of nitrogens with one attached hydrogen (secondary N) is 2. The maximum absolute atomic E-state index is 12.5. The lowest BCUT2D eigenvalue weighted by Crippen LogP contribution is -2.53. The van der Waals surface area contributed by atoms with Gasteiger partial charge in [-0.15, -0.1) is 0 Å². The van der Waals surface area contributed by atoms with Gasteiger partial charge in [0.1, 0.15) is 5.54 Å². The molecule has 2 aliphatic carbocycles. The average molecular weight is 345 g/mol. The minimum Gasteiger partial charge on any atom is -0.340 e. The summed E-state index contributed by atoms with van der Waals surface area (Å²) in [5, 5.41) is 19.9. The van der Waals surface area contributed by atoms with Crippen LogP contribution in [0.4, 0.5) is 0 Å². The molecule has 2 aliphatic rings. The number of hydrogen-bond donors (Lipinski definition) is 2. The van der Waals surface area contributed by atoms with Crippen LogP contribution in [0.1, 0.15) is 70.0 Å². The van der Waals surface area contributed by atoms with Gasteiger partial charge in [-0.3, -0.25) is 10.1 Å². The van der Waals surface area contributed by atoms with Gasteiger partial charge >= 0.3 is 0 Å². The fourth-order valence-electron chi connectivity index (χ4n) is 3.77. The van der Waals surface area contributed by atoms with Crippen LogP contribution in [0.25, 0.3) is 0 Å². The van der Waals surface area contributed by atoms with Crippen molar-refractivity contribution in [2.24, 2.45) is 5.92 Å². The van der Waals surface area contributed by atoms with E-state index in [4.69, 9.17) is 4.52 Å². The first-order valence-corrected chi connectivity index (χ1v) is 9.25. The first kappa shape index (κ1) is 17.9. The topological polar surface area (TPSA) is 104 Å². The highest BCUT2D eigenvalue weighted by atomic mass is 16.5. The zero-order valence-electron chi connectivity index (χ0n) is 15.1. The second-order valence-electron chi connectivity index (χ2n) is 7.62. The first-order chi connectivity index (χ1) is 12.0. The summed E-state index contributed by atoms with van der Waals surface area (Å²) in [7, 11) is 0. The molecule has 0 bridgehead atoms. The minimum atomic E-state index is -0.766. The van der Waals surface area contributed by atoms with E-state index in [0.29, 0.717) is 11.7 Å². The Morgan fingerprint density at radius 1 is 1.36 bits per heavy atom. The van der Waals surface area contributed by atoms with Crippen molar-refractivity contribution in [3.05, 3.63) is 11.7 Å². The lowest BCUT2D eigenvalue weighted by molar-refractivity contribution is -0.122. The van der Waals surface area contributed by atoms with Crippen molar-refractivity contribution in [2.45, 2.75) is 76.3 Å². The average Bonchev–Trinajstić information content (AvgIpc) is 3.40. The Balaban J connectivity index is 1.68. The number of hydrogen-bond acceptors (Lipinski definition) is 6. The largest absolute Gasteiger partial charge is 0.340 e. The second-order valence-corrected chi connectivity index (χ2v) is 7.62. The highest BCUT2D eigenvalue weighted by molar-refractivity contribution is 5.79. The van der Waals surface area contributed by atoms with Crippen LogP contribution in [0.5, 0.6) is 0 Å². The number of rotatable bonds is 6. The Hall–Kier alpha value is -1.94. The van der Waals surface area contributed by atoms with Crippen LogP contribution in [0, 0.1) is 24.2 Å². The molecule has 136 valence electrons. The van der Waals surface area contributed by atoms with Gasteiger partial charge in [-0.25, -0.2) is 0 Å². The van der Waals surface area contributed by atoms with Gasteiger partial charge in [0.2, 0.25) is 11.8 Å². The van der Waals surface area contributed by atoms with Gasteiger partial charge in [-0.1, -0.05) is 30.8 Å². The third-order valence-electron chi connectivity index (χ3n) is 5.53. The SMILES string of the molecule is Cc1nc(C2(NCC(=O)N[C@](C)(C#N)C3CC3)CCCCCC2)no1. The first-order valence-electron chi connectivity index (χ1n) is 9.25. The smallest absolute Gasteiger partial charge is 0.235 e. The summed E-state index contributed by atoms with van der Waals surface area (Å²) in [6.07, 6.45) is 8.28. The molecule has 0 unspecified atom stereocenters. The van der Waals surface area contributed by atoms with Gasteiger partial charge in [0, 0.05) is 6.92 Å². The van der Waals surface area contributed by atoms with E-state index in [-0.39, 0.29) is 18.4 Å². The van der Waals surface area contributed by atoms with Crippen molar-refractivity contribution in [3.63, 3.8) is 0 Å². The molecule has 0 aliphatic heterocycles. The van der Waals surface area contributed by atoms with Crippen molar-refractivity contribution < 1.29 is 9.32 Å². The van der Waals surface area contributed by atoms with Gasteiger partial charge in [0.15, 0.2) is 5.82 Å². The fourth-order valence-corrected chi connectivity index (χ4v) is 3.77. The summed E-state index contributed by atoms with van der Waals surface area (Å²) in [5.74, 6) is 1.30. The molecule has 1 atom stereocenters. The van der Waals surface area contributed by atoms with Crippen LogP contribution < -0.4 is 10.6 Å². The Labute approximate surface area is 148 Å².